The molecule has 0 radical (unpaired) electrons. The minimum atomic E-state index is -0.580. The highest BCUT2D eigenvalue weighted by Gasteiger charge is 2.13. The molecule has 0 spiro atoms. The minimum absolute atomic E-state index is 0.108. The molecule has 1 amide bonds. The summed E-state index contributed by atoms with van der Waals surface area (Å²) in [5.41, 5.74) is 2.97. The minimum Gasteiger partial charge on any atom is -0.452 e. The van der Waals surface area contributed by atoms with Crippen molar-refractivity contribution in [3.8, 4) is 0 Å². The summed E-state index contributed by atoms with van der Waals surface area (Å²) in [7, 11) is 0. The summed E-state index contributed by atoms with van der Waals surface area (Å²) < 4.78 is 4.99. The Morgan fingerprint density at radius 3 is 2.58 bits per heavy atom. The van der Waals surface area contributed by atoms with Crippen LogP contribution in [-0.2, 0) is 14.3 Å². The number of nitrogens with one attached hydrogen (secondary N) is 1. The quantitative estimate of drug-likeness (QED) is 0.577. The molecule has 1 atom stereocenters. The number of amides is 1. The molecule has 0 heterocycles. The van der Waals surface area contributed by atoms with Crippen LogP contribution in [0.2, 0.25) is 5.02 Å². The van der Waals surface area contributed by atoms with E-state index in [1.165, 1.54) is 6.08 Å². The Bertz CT molecular complexity index is 784. The van der Waals surface area contributed by atoms with Gasteiger partial charge in [0.2, 0.25) is 0 Å². The van der Waals surface area contributed by atoms with Crippen LogP contribution < -0.4 is 5.32 Å². The van der Waals surface area contributed by atoms with E-state index in [1.807, 2.05) is 44.2 Å². The zero-order valence-corrected chi connectivity index (χ0v) is 15.6. The maximum absolute atomic E-state index is 12.0. The fraction of sp³-hybridized carbons (Fsp3) is 0.238. The van der Waals surface area contributed by atoms with Gasteiger partial charge in [-0.15, -0.1) is 0 Å². The molecule has 0 unspecified atom stereocenters. The van der Waals surface area contributed by atoms with Gasteiger partial charge in [0, 0.05) is 11.1 Å². The van der Waals surface area contributed by atoms with Gasteiger partial charge in [-0.25, -0.2) is 4.79 Å². The smallest absolute Gasteiger partial charge is 0.331 e. The molecule has 0 fully saturated rings. The summed E-state index contributed by atoms with van der Waals surface area (Å²) in [4.78, 5) is 23.8. The molecule has 2 aromatic rings. The predicted octanol–water partition coefficient (Wildman–Crippen LogP) is 4.47. The van der Waals surface area contributed by atoms with Crippen LogP contribution >= 0.6 is 11.6 Å². The summed E-state index contributed by atoms with van der Waals surface area (Å²) in [6.07, 6.45) is 3.61. The van der Waals surface area contributed by atoms with Gasteiger partial charge in [-0.3, -0.25) is 4.79 Å². The Balaban J connectivity index is 1.83. The molecular formula is C21H22ClNO3. The second kappa shape index (κ2) is 9.78. The first-order valence-electron chi connectivity index (χ1n) is 8.44. The summed E-state index contributed by atoms with van der Waals surface area (Å²) in [6.45, 7) is 3.69. The van der Waals surface area contributed by atoms with E-state index in [9.17, 15) is 9.59 Å². The third-order valence-corrected chi connectivity index (χ3v) is 4.06. The maximum atomic E-state index is 12.0. The highest BCUT2D eigenvalue weighted by Crippen LogP contribution is 2.17. The van der Waals surface area contributed by atoms with Crippen LogP contribution in [0.3, 0.4) is 0 Å². The van der Waals surface area contributed by atoms with Crippen LogP contribution in [0, 0.1) is 6.92 Å². The normalized spacial score (nSPS) is 12.0. The van der Waals surface area contributed by atoms with Gasteiger partial charge in [0.1, 0.15) is 0 Å². The van der Waals surface area contributed by atoms with Crippen molar-refractivity contribution >= 4 is 29.6 Å². The summed E-state index contributed by atoms with van der Waals surface area (Å²) in [5.74, 6) is -0.912. The number of hydrogen-bond acceptors (Lipinski definition) is 3. The van der Waals surface area contributed by atoms with E-state index in [2.05, 4.69) is 5.32 Å². The summed E-state index contributed by atoms with van der Waals surface area (Å²) in [6, 6.07) is 15.0. The number of carbonyl (C=O) groups excluding carboxylic acids is 2. The second-order valence-corrected chi connectivity index (χ2v) is 6.37. The van der Waals surface area contributed by atoms with E-state index in [-0.39, 0.29) is 18.6 Å². The average Bonchev–Trinajstić information content (AvgIpc) is 2.63. The SMILES string of the molecule is CC[C@H](NC(=O)COC(=O)/C=C/c1cccc(Cl)c1)c1ccc(C)cc1. The molecule has 2 rings (SSSR count). The number of esters is 1. The Hall–Kier alpha value is -2.59. The molecule has 0 aliphatic heterocycles. The van der Waals surface area contributed by atoms with Gasteiger partial charge in [0.15, 0.2) is 6.61 Å². The first-order chi connectivity index (χ1) is 12.5. The molecule has 0 saturated carbocycles. The highest BCUT2D eigenvalue weighted by atomic mass is 35.5. The number of carbonyl (C=O) groups is 2. The largest absolute Gasteiger partial charge is 0.452 e. The molecule has 0 bridgehead atoms. The molecule has 1 N–H and O–H groups in total. The lowest BCUT2D eigenvalue weighted by atomic mass is 10.0. The molecule has 5 heteroatoms. The zero-order chi connectivity index (χ0) is 18.9. The van der Waals surface area contributed by atoms with Gasteiger partial charge in [-0.1, -0.05) is 60.5 Å². The van der Waals surface area contributed by atoms with E-state index in [4.69, 9.17) is 16.3 Å². The van der Waals surface area contributed by atoms with Crippen molar-refractivity contribution in [1.29, 1.82) is 0 Å². The van der Waals surface area contributed by atoms with Crippen molar-refractivity contribution in [3.63, 3.8) is 0 Å². The predicted molar refractivity (Wildman–Crippen MR) is 104 cm³/mol. The standard InChI is InChI=1S/C21H22ClNO3/c1-3-19(17-10-7-15(2)8-11-17)23-20(24)14-26-21(25)12-9-16-5-4-6-18(22)13-16/h4-13,19H,3,14H2,1-2H3,(H,23,24)/b12-9+/t19-/m0/s1. The third kappa shape index (κ3) is 6.37. The van der Waals surface area contributed by atoms with E-state index >= 15 is 0 Å². The van der Waals surface area contributed by atoms with Crippen LogP contribution in [0.1, 0.15) is 36.1 Å². The van der Waals surface area contributed by atoms with Crippen molar-refractivity contribution in [2.24, 2.45) is 0 Å². The number of ether oxygens (including phenoxy) is 1. The molecule has 2 aromatic carbocycles. The van der Waals surface area contributed by atoms with Crippen LogP contribution in [-0.4, -0.2) is 18.5 Å². The van der Waals surface area contributed by atoms with Gasteiger partial charge < -0.3 is 10.1 Å². The van der Waals surface area contributed by atoms with E-state index in [1.54, 1.807) is 24.3 Å². The lowest BCUT2D eigenvalue weighted by molar-refractivity contribution is -0.144. The lowest BCUT2D eigenvalue weighted by Gasteiger charge is -2.17. The molecule has 136 valence electrons. The van der Waals surface area contributed by atoms with Gasteiger partial charge in [-0.05, 0) is 42.7 Å². The Kier molecular flexibility index (Phi) is 7.42. The van der Waals surface area contributed by atoms with Crippen LogP contribution in [0.25, 0.3) is 6.08 Å². The molecule has 0 aromatic heterocycles. The van der Waals surface area contributed by atoms with Gasteiger partial charge in [-0.2, -0.15) is 0 Å². The molecule has 0 aliphatic rings. The van der Waals surface area contributed by atoms with Crippen molar-refractivity contribution < 1.29 is 14.3 Å². The summed E-state index contributed by atoms with van der Waals surface area (Å²) in [5, 5.41) is 3.47. The highest BCUT2D eigenvalue weighted by molar-refractivity contribution is 6.30. The Morgan fingerprint density at radius 1 is 1.19 bits per heavy atom. The van der Waals surface area contributed by atoms with Crippen molar-refractivity contribution in [1.82, 2.24) is 5.32 Å². The molecule has 26 heavy (non-hydrogen) atoms. The van der Waals surface area contributed by atoms with Gasteiger partial charge in [0.25, 0.3) is 5.91 Å². The first kappa shape index (κ1) is 19.7. The number of halogens is 1. The fourth-order valence-electron chi connectivity index (χ4n) is 2.42. The third-order valence-electron chi connectivity index (χ3n) is 3.83. The van der Waals surface area contributed by atoms with Crippen LogP contribution in [0.15, 0.2) is 54.6 Å². The number of rotatable bonds is 7. The Morgan fingerprint density at radius 2 is 1.92 bits per heavy atom. The molecule has 0 aliphatic carbocycles. The average molecular weight is 372 g/mol. The van der Waals surface area contributed by atoms with Crippen LogP contribution in [0.4, 0.5) is 0 Å². The molecule has 0 saturated heterocycles. The second-order valence-electron chi connectivity index (χ2n) is 5.94. The fourth-order valence-corrected chi connectivity index (χ4v) is 2.61. The van der Waals surface area contributed by atoms with E-state index in [0.29, 0.717) is 5.02 Å². The van der Waals surface area contributed by atoms with Gasteiger partial charge in [0.05, 0.1) is 6.04 Å². The maximum Gasteiger partial charge on any atom is 0.331 e. The molecule has 4 nitrogen and oxygen atoms in total. The monoisotopic (exact) mass is 371 g/mol. The van der Waals surface area contributed by atoms with Crippen molar-refractivity contribution in [2.45, 2.75) is 26.3 Å². The summed E-state index contributed by atoms with van der Waals surface area (Å²) >= 11 is 5.88. The first-order valence-corrected chi connectivity index (χ1v) is 8.82. The number of hydrogen-bond donors (Lipinski definition) is 1. The topological polar surface area (TPSA) is 55.4 Å². The van der Waals surface area contributed by atoms with E-state index < -0.39 is 5.97 Å². The number of benzene rings is 2. The van der Waals surface area contributed by atoms with Gasteiger partial charge >= 0.3 is 5.97 Å². The van der Waals surface area contributed by atoms with Crippen molar-refractivity contribution in [3.05, 3.63) is 76.3 Å². The van der Waals surface area contributed by atoms with Crippen LogP contribution in [0.5, 0.6) is 0 Å². The molecular weight excluding hydrogens is 350 g/mol. The van der Waals surface area contributed by atoms with E-state index in [0.717, 1.165) is 23.1 Å². The zero-order valence-electron chi connectivity index (χ0n) is 14.9. The Labute approximate surface area is 158 Å². The lowest BCUT2D eigenvalue weighted by Crippen LogP contribution is -2.32. The van der Waals surface area contributed by atoms with Crippen molar-refractivity contribution in [2.75, 3.05) is 6.61 Å². The number of aryl methyl sites for hydroxylation is 1.